The Hall–Kier alpha value is -2.30. The molecule has 5 heteroatoms. The summed E-state index contributed by atoms with van der Waals surface area (Å²) in [7, 11) is 1.64. The highest BCUT2D eigenvalue weighted by Gasteiger charge is 2.27. The second-order valence-electron chi connectivity index (χ2n) is 6.62. The van der Waals surface area contributed by atoms with Crippen LogP contribution in [-0.2, 0) is 11.3 Å². The van der Waals surface area contributed by atoms with Crippen molar-refractivity contribution in [3.05, 3.63) is 36.0 Å². The number of benzene rings is 1. The predicted molar refractivity (Wildman–Crippen MR) is 96.2 cm³/mol. The van der Waals surface area contributed by atoms with Crippen LogP contribution in [0.25, 0.3) is 11.3 Å². The van der Waals surface area contributed by atoms with Gasteiger partial charge >= 0.3 is 0 Å². The Labute approximate surface area is 148 Å². The highest BCUT2D eigenvalue weighted by molar-refractivity contribution is 5.79. The Bertz CT molecular complexity index is 704. The molecule has 1 saturated carbocycles. The number of aromatic nitrogens is 1. The summed E-state index contributed by atoms with van der Waals surface area (Å²) in [5.74, 6) is 1.86. The molecule has 3 rings (SSSR count). The van der Waals surface area contributed by atoms with Crippen LogP contribution < -0.4 is 4.74 Å². The van der Waals surface area contributed by atoms with Gasteiger partial charge in [-0.25, -0.2) is 0 Å². The van der Waals surface area contributed by atoms with Gasteiger partial charge < -0.3 is 14.2 Å². The third-order valence-electron chi connectivity index (χ3n) is 4.79. The molecule has 1 aromatic carbocycles. The predicted octanol–water partition coefficient (Wildman–Crippen LogP) is 4.28. The third kappa shape index (κ3) is 4.03. The molecule has 1 aliphatic rings. The summed E-state index contributed by atoms with van der Waals surface area (Å²) >= 11 is 0. The van der Waals surface area contributed by atoms with Crippen LogP contribution in [-0.4, -0.2) is 29.6 Å². The van der Waals surface area contributed by atoms with Gasteiger partial charge in [0, 0.05) is 18.5 Å². The molecular formula is C20H26N2O3. The molecule has 1 amide bonds. The molecule has 1 fully saturated rings. The number of nitrogens with zero attached hydrogens (tertiary/aromatic N) is 2. The number of para-hydroxylation sites is 1. The van der Waals surface area contributed by atoms with Crippen molar-refractivity contribution in [3.8, 4) is 17.1 Å². The Balaban J connectivity index is 1.75. The average Bonchev–Trinajstić information content (AvgIpc) is 3.33. The number of hydrogen-bond donors (Lipinski definition) is 0. The highest BCUT2D eigenvalue weighted by atomic mass is 16.5. The smallest absolute Gasteiger partial charge is 0.226 e. The Kier molecular flexibility index (Phi) is 5.74. The Morgan fingerprint density at radius 2 is 2.08 bits per heavy atom. The molecule has 0 unspecified atom stereocenters. The molecule has 5 nitrogen and oxygen atoms in total. The largest absolute Gasteiger partial charge is 0.496 e. The van der Waals surface area contributed by atoms with Crippen LogP contribution in [0.3, 0.4) is 0 Å². The summed E-state index contributed by atoms with van der Waals surface area (Å²) in [5.41, 5.74) is 1.65. The van der Waals surface area contributed by atoms with Crippen molar-refractivity contribution in [2.24, 2.45) is 5.92 Å². The zero-order valence-corrected chi connectivity index (χ0v) is 15.0. The number of ether oxygens (including phenoxy) is 1. The summed E-state index contributed by atoms with van der Waals surface area (Å²) in [6.45, 7) is 3.35. The lowest BCUT2D eigenvalue weighted by Crippen LogP contribution is -2.35. The van der Waals surface area contributed by atoms with E-state index in [1.54, 1.807) is 7.11 Å². The first-order valence-corrected chi connectivity index (χ1v) is 9.10. The standard InChI is InChI=1S/C20H26N2O3/c1-3-12-22(20(23)15-8-4-5-9-15)14-16-13-19(25-21-16)17-10-6-7-11-18(17)24-2/h6-7,10-11,13,15H,3-5,8-9,12,14H2,1-2H3. The van der Waals surface area contributed by atoms with Gasteiger partial charge in [-0.2, -0.15) is 0 Å². The van der Waals surface area contributed by atoms with Crippen LogP contribution in [0.2, 0.25) is 0 Å². The fourth-order valence-corrected chi connectivity index (χ4v) is 3.53. The van der Waals surface area contributed by atoms with Gasteiger partial charge in [0.1, 0.15) is 11.4 Å². The number of carbonyl (C=O) groups excluding carboxylic acids is 1. The van der Waals surface area contributed by atoms with Crippen molar-refractivity contribution in [2.45, 2.75) is 45.6 Å². The van der Waals surface area contributed by atoms with E-state index in [0.29, 0.717) is 12.3 Å². The molecular weight excluding hydrogens is 316 g/mol. The van der Waals surface area contributed by atoms with E-state index < -0.39 is 0 Å². The summed E-state index contributed by atoms with van der Waals surface area (Å²) in [5, 5.41) is 4.17. The Morgan fingerprint density at radius 1 is 1.32 bits per heavy atom. The molecule has 2 aromatic rings. The highest BCUT2D eigenvalue weighted by Crippen LogP contribution is 2.31. The molecule has 25 heavy (non-hydrogen) atoms. The van der Waals surface area contributed by atoms with Gasteiger partial charge in [0.25, 0.3) is 0 Å². The maximum Gasteiger partial charge on any atom is 0.226 e. The minimum absolute atomic E-state index is 0.187. The van der Waals surface area contributed by atoms with Gasteiger partial charge in [0.2, 0.25) is 5.91 Å². The SMILES string of the molecule is CCCN(Cc1cc(-c2ccccc2OC)on1)C(=O)C1CCCC1. The number of carbonyl (C=O) groups is 1. The molecule has 0 bridgehead atoms. The minimum Gasteiger partial charge on any atom is -0.496 e. The van der Waals surface area contributed by atoms with Gasteiger partial charge in [0.05, 0.1) is 19.2 Å². The van der Waals surface area contributed by atoms with E-state index in [2.05, 4.69) is 12.1 Å². The van der Waals surface area contributed by atoms with Gasteiger partial charge in [-0.05, 0) is 31.4 Å². The van der Waals surface area contributed by atoms with Crippen LogP contribution in [0.15, 0.2) is 34.9 Å². The molecule has 0 radical (unpaired) electrons. The molecule has 0 atom stereocenters. The zero-order valence-electron chi connectivity index (χ0n) is 15.0. The van der Waals surface area contributed by atoms with Crippen molar-refractivity contribution in [3.63, 3.8) is 0 Å². The first kappa shape index (κ1) is 17.5. The van der Waals surface area contributed by atoms with E-state index in [9.17, 15) is 4.79 Å². The quantitative estimate of drug-likeness (QED) is 0.753. The van der Waals surface area contributed by atoms with E-state index in [-0.39, 0.29) is 11.8 Å². The number of hydrogen-bond acceptors (Lipinski definition) is 4. The van der Waals surface area contributed by atoms with Crippen molar-refractivity contribution < 1.29 is 14.1 Å². The fourth-order valence-electron chi connectivity index (χ4n) is 3.53. The molecule has 134 valence electrons. The van der Waals surface area contributed by atoms with Crippen molar-refractivity contribution >= 4 is 5.91 Å². The second-order valence-corrected chi connectivity index (χ2v) is 6.62. The lowest BCUT2D eigenvalue weighted by Gasteiger charge is -2.24. The van der Waals surface area contributed by atoms with Crippen LogP contribution >= 0.6 is 0 Å². The van der Waals surface area contributed by atoms with E-state index in [1.165, 1.54) is 0 Å². The van der Waals surface area contributed by atoms with E-state index in [0.717, 1.165) is 55.7 Å². The number of rotatable bonds is 7. The normalized spacial score (nSPS) is 14.6. The van der Waals surface area contributed by atoms with Gasteiger partial charge in [0.15, 0.2) is 5.76 Å². The maximum absolute atomic E-state index is 12.8. The van der Waals surface area contributed by atoms with E-state index in [1.807, 2.05) is 35.2 Å². The minimum atomic E-state index is 0.187. The van der Waals surface area contributed by atoms with Gasteiger partial charge in [-0.15, -0.1) is 0 Å². The molecule has 1 heterocycles. The number of methoxy groups -OCH3 is 1. The lowest BCUT2D eigenvalue weighted by molar-refractivity contribution is -0.136. The molecule has 1 aromatic heterocycles. The Morgan fingerprint density at radius 3 is 2.80 bits per heavy atom. The van der Waals surface area contributed by atoms with Crippen molar-refractivity contribution in [1.82, 2.24) is 10.1 Å². The van der Waals surface area contributed by atoms with Crippen molar-refractivity contribution in [1.29, 1.82) is 0 Å². The summed E-state index contributed by atoms with van der Waals surface area (Å²) in [6.07, 6.45) is 5.31. The average molecular weight is 342 g/mol. The van der Waals surface area contributed by atoms with Crippen LogP contribution in [0.1, 0.15) is 44.7 Å². The van der Waals surface area contributed by atoms with Gasteiger partial charge in [-0.1, -0.05) is 37.1 Å². The van der Waals surface area contributed by atoms with Crippen molar-refractivity contribution in [2.75, 3.05) is 13.7 Å². The lowest BCUT2D eigenvalue weighted by atomic mass is 10.1. The van der Waals surface area contributed by atoms with Gasteiger partial charge in [-0.3, -0.25) is 4.79 Å². The molecule has 0 saturated heterocycles. The summed E-state index contributed by atoms with van der Waals surface area (Å²) < 4.78 is 10.9. The first-order chi connectivity index (χ1) is 12.2. The monoisotopic (exact) mass is 342 g/mol. The summed E-state index contributed by atoms with van der Waals surface area (Å²) in [4.78, 5) is 14.7. The molecule has 0 spiro atoms. The second kappa shape index (κ2) is 8.19. The van der Waals surface area contributed by atoms with E-state index >= 15 is 0 Å². The molecule has 0 N–H and O–H groups in total. The summed E-state index contributed by atoms with van der Waals surface area (Å²) in [6, 6.07) is 9.60. The fraction of sp³-hybridized carbons (Fsp3) is 0.500. The zero-order chi connectivity index (χ0) is 17.6. The maximum atomic E-state index is 12.8. The number of amides is 1. The third-order valence-corrected chi connectivity index (χ3v) is 4.79. The molecule has 1 aliphatic carbocycles. The topological polar surface area (TPSA) is 55.6 Å². The van der Waals surface area contributed by atoms with E-state index in [4.69, 9.17) is 9.26 Å². The molecule has 0 aliphatic heterocycles. The first-order valence-electron chi connectivity index (χ1n) is 9.10. The van der Waals surface area contributed by atoms with Crippen LogP contribution in [0.5, 0.6) is 5.75 Å². The van der Waals surface area contributed by atoms with Crippen LogP contribution in [0.4, 0.5) is 0 Å². The van der Waals surface area contributed by atoms with Crippen LogP contribution in [0, 0.1) is 5.92 Å².